The van der Waals surface area contributed by atoms with Crippen molar-refractivity contribution in [1.82, 2.24) is 4.98 Å². The number of pyridine rings is 1. The molecule has 160 valence electrons. The number of fused-ring (bicyclic) bond motifs is 1. The van der Waals surface area contributed by atoms with Gasteiger partial charge in [-0.1, -0.05) is 85.3 Å². The van der Waals surface area contributed by atoms with Gasteiger partial charge in [-0.3, -0.25) is 4.79 Å². The van der Waals surface area contributed by atoms with Gasteiger partial charge in [-0.25, -0.2) is 4.98 Å². The molecule has 3 aromatic carbocycles. The first-order chi connectivity index (χ1) is 15.5. The average molecular weight is 440 g/mol. The zero-order valence-electron chi connectivity index (χ0n) is 18.4. The van der Waals surface area contributed by atoms with E-state index in [0.717, 1.165) is 46.1 Å². The first-order valence-corrected chi connectivity index (χ1v) is 11.3. The molecule has 0 aliphatic carbocycles. The van der Waals surface area contributed by atoms with Crippen molar-refractivity contribution in [1.29, 1.82) is 0 Å². The van der Waals surface area contributed by atoms with Gasteiger partial charge in [0.25, 0.3) is 0 Å². The van der Waals surface area contributed by atoms with Gasteiger partial charge in [0.2, 0.25) is 0 Å². The van der Waals surface area contributed by atoms with Crippen LogP contribution >= 0.6 is 11.6 Å². The summed E-state index contributed by atoms with van der Waals surface area (Å²) in [6.07, 6.45) is 6.01. The van der Waals surface area contributed by atoms with Crippen LogP contribution in [0.25, 0.3) is 23.1 Å². The highest BCUT2D eigenvalue weighted by atomic mass is 35.5. The first-order valence-electron chi connectivity index (χ1n) is 10.9. The van der Waals surface area contributed by atoms with Crippen LogP contribution in [-0.2, 0) is 6.42 Å². The molecule has 0 unspecified atom stereocenters. The van der Waals surface area contributed by atoms with Crippen LogP contribution in [-0.4, -0.2) is 10.8 Å². The maximum absolute atomic E-state index is 11.9. The highest BCUT2D eigenvalue weighted by Crippen LogP contribution is 2.24. The lowest BCUT2D eigenvalue weighted by atomic mass is 9.91. The van der Waals surface area contributed by atoms with Crippen molar-refractivity contribution in [3.63, 3.8) is 0 Å². The number of ketones is 1. The fraction of sp³-hybridized carbons (Fsp3) is 0.172. The third-order valence-corrected chi connectivity index (χ3v) is 6.08. The third kappa shape index (κ3) is 5.33. The number of hydrogen-bond donors (Lipinski definition) is 0. The molecule has 1 heterocycles. The minimum Gasteiger partial charge on any atom is -0.295 e. The maximum atomic E-state index is 11.9. The number of benzene rings is 3. The summed E-state index contributed by atoms with van der Waals surface area (Å²) in [5, 5.41) is 1.77. The fourth-order valence-corrected chi connectivity index (χ4v) is 4.14. The molecular weight excluding hydrogens is 414 g/mol. The second-order valence-corrected chi connectivity index (χ2v) is 8.67. The van der Waals surface area contributed by atoms with Crippen molar-refractivity contribution in [3.05, 3.63) is 112 Å². The van der Waals surface area contributed by atoms with Crippen molar-refractivity contribution in [2.45, 2.75) is 32.6 Å². The number of carbonyl (C=O) groups excluding carboxylic acids is 1. The summed E-state index contributed by atoms with van der Waals surface area (Å²) in [6.45, 7) is 3.88. The van der Waals surface area contributed by atoms with Gasteiger partial charge in [-0.05, 0) is 66.6 Å². The molecule has 1 aromatic heterocycles. The molecule has 2 nitrogen and oxygen atoms in total. The lowest BCUT2D eigenvalue weighted by Gasteiger charge is -2.14. The summed E-state index contributed by atoms with van der Waals surface area (Å²) in [6, 6.07) is 26.4. The van der Waals surface area contributed by atoms with E-state index < -0.39 is 0 Å². The molecule has 32 heavy (non-hydrogen) atoms. The smallest absolute Gasteiger partial charge is 0.160 e. The Balaban J connectivity index is 1.47. The average Bonchev–Trinajstić information content (AvgIpc) is 2.81. The molecule has 0 saturated heterocycles. The zero-order chi connectivity index (χ0) is 22.5. The molecule has 0 spiro atoms. The van der Waals surface area contributed by atoms with E-state index in [1.54, 1.807) is 6.92 Å². The monoisotopic (exact) mass is 439 g/mol. The lowest BCUT2D eigenvalue weighted by molar-refractivity contribution is 0.101. The van der Waals surface area contributed by atoms with Crippen LogP contribution in [0.2, 0.25) is 5.02 Å². The quantitative estimate of drug-likeness (QED) is 0.273. The molecule has 4 aromatic rings. The van der Waals surface area contributed by atoms with Crippen molar-refractivity contribution in [2.24, 2.45) is 0 Å². The molecule has 4 rings (SSSR count). The van der Waals surface area contributed by atoms with Crippen LogP contribution in [0.3, 0.4) is 0 Å². The van der Waals surface area contributed by atoms with Gasteiger partial charge in [0, 0.05) is 16.0 Å². The number of nitrogens with zero attached hydrogens (tertiary/aromatic N) is 1. The number of carbonyl (C=O) groups is 1. The number of rotatable bonds is 7. The SMILES string of the molecule is CC(=O)c1ccccc1CC[C@@H](C)c1cccc(/C=C/c2ccc3ccc(Cl)cc3n2)c1. The standard InChI is InChI=1S/C29H26ClNO/c1-20(10-12-23-7-3-4-9-28(23)21(2)32)25-8-5-6-22(18-25)11-16-27-17-14-24-13-15-26(30)19-29(24)31-27/h3-9,11,13-20H,10,12H2,1-2H3/b16-11+/t20-/m1/s1. The highest BCUT2D eigenvalue weighted by molar-refractivity contribution is 6.31. The second-order valence-electron chi connectivity index (χ2n) is 8.23. The third-order valence-electron chi connectivity index (χ3n) is 5.85. The van der Waals surface area contributed by atoms with Gasteiger partial charge < -0.3 is 0 Å². The van der Waals surface area contributed by atoms with Crippen molar-refractivity contribution in [3.8, 4) is 0 Å². The minimum atomic E-state index is 0.130. The number of halogens is 1. The predicted molar refractivity (Wildman–Crippen MR) is 135 cm³/mol. The van der Waals surface area contributed by atoms with E-state index in [0.29, 0.717) is 10.9 Å². The highest BCUT2D eigenvalue weighted by Gasteiger charge is 2.10. The second kappa shape index (κ2) is 9.93. The lowest BCUT2D eigenvalue weighted by Crippen LogP contribution is -2.02. The first kappa shape index (κ1) is 22.0. The van der Waals surface area contributed by atoms with Crippen LogP contribution in [0.15, 0.2) is 78.9 Å². The number of aryl methyl sites for hydroxylation is 1. The van der Waals surface area contributed by atoms with Crippen LogP contribution in [0.5, 0.6) is 0 Å². The topological polar surface area (TPSA) is 30.0 Å². The van der Waals surface area contributed by atoms with E-state index in [2.05, 4.69) is 49.4 Å². The summed E-state index contributed by atoms with van der Waals surface area (Å²) in [5.41, 5.74) is 6.20. The zero-order valence-corrected chi connectivity index (χ0v) is 19.1. The molecule has 0 aliphatic heterocycles. The summed E-state index contributed by atoms with van der Waals surface area (Å²) < 4.78 is 0. The predicted octanol–water partition coefficient (Wildman–Crippen LogP) is 8.00. The Kier molecular flexibility index (Phi) is 6.82. The molecule has 0 radical (unpaired) electrons. The summed E-state index contributed by atoms with van der Waals surface area (Å²) in [7, 11) is 0. The van der Waals surface area contributed by atoms with Gasteiger partial charge in [0.15, 0.2) is 5.78 Å². The Labute approximate surface area is 194 Å². The van der Waals surface area contributed by atoms with Gasteiger partial charge in [-0.15, -0.1) is 0 Å². The van der Waals surface area contributed by atoms with Crippen LogP contribution < -0.4 is 0 Å². The normalized spacial score (nSPS) is 12.3. The van der Waals surface area contributed by atoms with E-state index in [9.17, 15) is 4.79 Å². The Morgan fingerprint density at radius 1 is 0.969 bits per heavy atom. The van der Waals surface area contributed by atoms with Gasteiger partial charge in [-0.2, -0.15) is 0 Å². The molecule has 3 heteroatoms. The molecule has 0 N–H and O–H groups in total. The van der Waals surface area contributed by atoms with Crippen LogP contribution in [0, 0.1) is 0 Å². The van der Waals surface area contributed by atoms with E-state index in [1.807, 2.05) is 48.5 Å². The number of aromatic nitrogens is 1. The molecule has 0 saturated carbocycles. The number of hydrogen-bond acceptors (Lipinski definition) is 2. The largest absolute Gasteiger partial charge is 0.295 e. The molecule has 0 bridgehead atoms. The molecule has 1 atom stereocenters. The minimum absolute atomic E-state index is 0.130. The number of Topliss-reactive ketones (excluding diaryl/α,β-unsaturated/α-hetero) is 1. The summed E-state index contributed by atoms with van der Waals surface area (Å²) in [5.74, 6) is 0.522. The molecule has 0 aliphatic rings. The van der Waals surface area contributed by atoms with Gasteiger partial charge in [0.05, 0.1) is 11.2 Å². The molecule has 0 fully saturated rings. The van der Waals surface area contributed by atoms with Crippen LogP contribution in [0.4, 0.5) is 0 Å². The van der Waals surface area contributed by atoms with Gasteiger partial charge in [0.1, 0.15) is 0 Å². The van der Waals surface area contributed by atoms with Gasteiger partial charge >= 0.3 is 0 Å². The Morgan fingerprint density at radius 3 is 2.62 bits per heavy atom. The summed E-state index contributed by atoms with van der Waals surface area (Å²) >= 11 is 6.11. The Hall–Kier alpha value is -3.23. The molecular formula is C29H26ClNO. The molecule has 0 amide bonds. The Bertz CT molecular complexity index is 1290. The maximum Gasteiger partial charge on any atom is 0.160 e. The van der Waals surface area contributed by atoms with E-state index in [1.165, 1.54) is 5.56 Å². The van der Waals surface area contributed by atoms with Crippen LogP contribution in [0.1, 0.15) is 58.9 Å². The summed E-state index contributed by atoms with van der Waals surface area (Å²) in [4.78, 5) is 16.6. The van der Waals surface area contributed by atoms with E-state index in [4.69, 9.17) is 16.6 Å². The Morgan fingerprint density at radius 2 is 1.78 bits per heavy atom. The van der Waals surface area contributed by atoms with Crippen molar-refractivity contribution >= 4 is 40.4 Å². The van der Waals surface area contributed by atoms with E-state index >= 15 is 0 Å². The van der Waals surface area contributed by atoms with Crippen molar-refractivity contribution < 1.29 is 4.79 Å². The van der Waals surface area contributed by atoms with Crippen molar-refractivity contribution in [2.75, 3.05) is 0 Å². The van der Waals surface area contributed by atoms with E-state index in [-0.39, 0.29) is 5.78 Å². The fourth-order valence-electron chi connectivity index (χ4n) is 3.97.